The Hall–Kier alpha value is -2.90. The van der Waals surface area contributed by atoms with Crippen molar-refractivity contribution in [3.63, 3.8) is 0 Å². The summed E-state index contributed by atoms with van der Waals surface area (Å²) in [5, 5.41) is 16.5. The first-order valence-corrected chi connectivity index (χ1v) is 12.1. The highest BCUT2D eigenvalue weighted by atomic mass is 19.4. The molecule has 0 aromatic heterocycles. The molecule has 2 heterocycles. The number of hydrogen-bond acceptors (Lipinski definition) is 6. The van der Waals surface area contributed by atoms with E-state index in [0.717, 1.165) is 12.8 Å². The van der Waals surface area contributed by atoms with Crippen molar-refractivity contribution in [3.8, 4) is 0 Å². The van der Waals surface area contributed by atoms with E-state index in [1.54, 1.807) is 20.8 Å². The number of alkyl halides is 3. The molecule has 2 aliphatic heterocycles. The van der Waals surface area contributed by atoms with Crippen LogP contribution in [0.4, 0.5) is 18.0 Å². The first kappa shape index (κ1) is 28.7. The molecule has 11 nitrogen and oxygen atoms in total. The molecule has 4 atom stereocenters. The van der Waals surface area contributed by atoms with Gasteiger partial charge < -0.3 is 26.0 Å². The van der Waals surface area contributed by atoms with Gasteiger partial charge in [-0.25, -0.2) is 4.79 Å². The van der Waals surface area contributed by atoms with Crippen LogP contribution in [0.25, 0.3) is 0 Å². The maximum absolute atomic E-state index is 13.5. The van der Waals surface area contributed by atoms with E-state index in [9.17, 15) is 42.3 Å². The first-order valence-electron chi connectivity index (χ1n) is 12.1. The summed E-state index contributed by atoms with van der Waals surface area (Å²) in [7, 11) is 0. The molecule has 1 spiro atoms. The van der Waals surface area contributed by atoms with E-state index in [2.05, 4.69) is 20.7 Å². The van der Waals surface area contributed by atoms with Crippen molar-refractivity contribution in [2.75, 3.05) is 19.7 Å². The second-order valence-corrected chi connectivity index (χ2v) is 11.2. The van der Waals surface area contributed by atoms with Crippen molar-refractivity contribution >= 4 is 29.6 Å². The Morgan fingerprint density at radius 1 is 1.19 bits per heavy atom. The maximum atomic E-state index is 13.5. The smallest absolute Gasteiger partial charge is 0.465 e. The Kier molecular flexibility index (Phi) is 8.11. The number of amides is 4. The lowest BCUT2D eigenvalue weighted by molar-refractivity contribution is -0.321. The lowest BCUT2D eigenvalue weighted by Gasteiger charge is -2.35. The molecule has 0 bridgehead atoms. The van der Waals surface area contributed by atoms with Crippen molar-refractivity contribution in [1.29, 1.82) is 0 Å². The van der Waals surface area contributed by atoms with Gasteiger partial charge in [0, 0.05) is 19.0 Å². The molecule has 3 fully saturated rings. The number of halogens is 3. The van der Waals surface area contributed by atoms with Crippen molar-refractivity contribution in [3.05, 3.63) is 0 Å². The highest BCUT2D eigenvalue weighted by molar-refractivity contribution is 5.95. The summed E-state index contributed by atoms with van der Waals surface area (Å²) in [4.78, 5) is 64.2. The lowest BCUT2D eigenvalue weighted by Crippen LogP contribution is -2.58. The Bertz CT molecular complexity index is 946. The summed E-state index contributed by atoms with van der Waals surface area (Å²) in [5.41, 5.74) is -1.12. The molecular formula is C23H33F3N4O7. The van der Waals surface area contributed by atoms with Crippen LogP contribution in [0.15, 0.2) is 0 Å². The minimum Gasteiger partial charge on any atom is -0.465 e. The van der Waals surface area contributed by atoms with Crippen LogP contribution in [0.5, 0.6) is 0 Å². The molecule has 0 aromatic carbocycles. The molecular weight excluding hydrogens is 501 g/mol. The number of likely N-dealkylation sites (tertiary alicyclic amines) is 1. The molecule has 0 unspecified atom stereocenters. The number of hydrogen-bond donors (Lipinski definition) is 4. The van der Waals surface area contributed by atoms with Crippen molar-refractivity contribution < 1.29 is 47.0 Å². The van der Waals surface area contributed by atoms with Gasteiger partial charge in [-0.1, -0.05) is 20.8 Å². The Labute approximate surface area is 211 Å². The van der Waals surface area contributed by atoms with E-state index >= 15 is 0 Å². The standard InChI is InChI=1S/C23H33F3N4O7/c1-21(2,3)16(29-20(35)36)19(34)30-11-22(5-6-22)9-14(30)18(33)28-13(8-12-4-7-27-17(12)32)15(31)10-37-23(24,25)26/h12-14,16,29H,4-11H2,1-3H3,(H,27,32)(H,28,33)(H,35,36)/t12-,13-,14-,16+/m0/s1. The normalized spacial score (nSPS) is 24.4. The average molecular weight is 535 g/mol. The Balaban J connectivity index is 1.80. The monoisotopic (exact) mass is 534 g/mol. The molecule has 4 N–H and O–H groups in total. The van der Waals surface area contributed by atoms with E-state index in [0.29, 0.717) is 13.0 Å². The second kappa shape index (κ2) is 10.5. The lowest BCUT2D eigenvalue weighted by atomic mass is 9.85. The number of carboxylic acid groups (broad SMARTS) is 1. The van der Waals surface area contributed by atoms with E-state index < -0.39 is 66.1 Å². The van der Waals surface area contributed by atoms with Gasteiger partial charge in [0.05, 0.1) is 6.04 Å². The predicted octanol–water partition coefficient (Wildman–Crippen LogP) is 1.17. The molecule has 14 heteroatoms. The number of rotatable bonds is 9. The van der Waals surface area contributed by atoms with Crippen LogP contribution in [-0.4, -0.2) is 83.8 Å². The third-order valence-electron chi connectivity index (χ3n) is 7.20. The zero-order chi connectivity index (χ0) is 27.8. The Morgan fingerprint density at radius 3 is 2.32 bits per heavy atom. The van der Waals surface area contributed by atoms with Crippen LogP contribution in [0.2, 0.25) is 0 Å². The topological polar surface area (TPSA) is 154 Å². The molecule has 1 saturated carbocycles. The summed E-state index contributed by atoms with van der Waals surface area (Å²) in [6, 6.07) is -3.65. The molecule has 3 aliphatic rings. The number of carbonyl (C=O) groups excluding carboxylic acids is 4. The summed E-state index contributed by atoms with van der Waals surface area (Å²) < 4.78 is 41.2. The van der Waals surface area contributed by atoms with Crippen LogP contribution in [0.1, 0.15) is 52.9 Å². The minimum atomic E-state index is -5.05. The van der Waals surface area contributed by atoms with Gasteiger partial charge in [-0.05, 0) is 42.9 Å². The largest absolute Gasteiger partial charge is 0.522 e. The van der Waals surface area contributed by atoms with Crippen LogP contribution in [-0.2, 0) is 23.9 Å². The zero-order valence-electron chi connectivity index (χ0n) is 20.9. The highest BCUT2D eigenvalue weighted by Gasteiger charge is 2.56. The fourth-order valence-electron chi connectivity index (χ4n) is 4.95. The molecule has 0 radical (unpaired) electrons. The number of nitrogens with zero attached hydrogens (tertiary/aromatic N) is 1. The molecule has 0 aromatic rings. The fraction of sp³-hybridized carbons (Fsp3) is 0.783. The van der Waals surface area contributed by atoms with E-state index in [-0.39, 0.29) is 30.7 Å². The number of ketones is 1. The van der Waals surface area contributed by atoms with E-state index in [1.807, 2.05) is 0 Å². The molecule has 2 saturated heterocycles. The van der Waals surface area contributed by atoms with Gasteiger partial charge >= 0.3 is 12.5 Å². The average Bonchev–Trinajstić information content (AvgIpc) is 3.23. The van der Waals surface area contributed by atoms with Gasteiger partial charge in [-0.3, -0.25) is 23.9 Å². The van der Waals surface area contributed by atoms with Crippen molar-refractivity contribution in [1.82, 2.24) is 20.9 Å². The Morgan fingerprint density at radius 2 is 1.84 bits per heavy atom. The fourth-order valence-corrected chi connectivity index (χ4v) is 4.95. The quantitative estimate of drug-likeness (QED) is 0.346. The van der Waals surface area contributed by atoms with Crippen molar-refractivity contribution in [2.24, 2.45) is 16.7 Å². The number of carbonyl (C=O) groups is 5. The SMILES string of the molecule is CC(C)(C)[C@H](NC(=O)O)C(=O)N1CC2(CC2)C[C@H]1C(=O)N[C@@H](C[C@@H]1CCNC1=O)C(=O)COC(F)(F)F. The van der Waals surface area contributed by atoms with Crippen molar-refractivity contribution in [2.45, 2.75) is 77.4 Å². The van der Waals surface area contributed by atoms with Crippen LogP contribution >= 0.6 is 0 Å². The van der Waals surface area contributed by atoms with Crippen LogP contribution < -0.4 is 16.0 Å². The number of ether oxygens (including phenoxy) is 1. The van der Waals surface area contributed by atoms with Gasteiger partial charge in [0.25, 0.3) is 0 Å². The van der Waals surface area contributed by atoms with E-state index in [4.69, 9.17) is 0 Å². The van der Waals surface area contributed by atoms with Gasteiger partial charge in [-0.2, -0.15) is 0 Å². The molecule has 1 aliphatic carbocycles. The summed E-state index contributed by atoms with van der Waals surface area (Å²) >= 11 is 0. The molecule has 3 rings (SSSR count). The second-order valence-electron chi connectivity index (χ2n) is 11.2. The van der Waals surface area contributed by atoms with Gasteiger partial charge in [0.15, 0.2) is 5.78 Å². The third-order valence-corrected chi connectivity index (χ3v) is 7.20. The summed E-state index contributed by atoms with van der Waals surface area (Å²) in [5.74, 6) is -3.45. The van der Waals surface area contributed by atoms with Gasteiger partial charge in [0.1, 0.15) is 18.7 Å². The third kappa shape index (κ3) is 7.33. The number of Topliss-reactive ketones (excluding diaryl/α,β-unsaturated/α-hetero) is 1. The van der Waals surface area contributed by atoms with Gasteiger partial charge in [0.2, 0.25) is 17.7 Å². The maximum Gasteiger partial charge on any atom is 0.522 e. The summed E-state index contributed by atoms with van der Waals surface area (Å²) in [6.45, 7) is 4.24. The van der Waals surface area contributed by atoms with Crippen LogP contribution in [0.3, 0.4) is 0 Å². The van der Waals surface area contributed by atoms with Gasteiger partial charge in [-0.15, -0.1) is 13.2 Å². The predicted molar refractivity (Wildman–Crippen MR) is 121 cm³/mol. The summed E-state index contributed by atoms with van der Waals surface area (Å²) in [6.07, 6.45) is -4.52. The van der Waals surface area contributed by atoms with E-state index in [1.165, 1.54) is 4.90 Å². The number of nitrogens with one attached hydrogen (secondary N) is 3. The molecule has 208 valence electrons. The molecule has 37 heavy (non-hydrogen) atoms. The zero-order valence-corrected chi connectivity index (χ0v) is 20.9. The minimum absolute atomic E-state index is 0.214. The highest BCUT2D eigenvalue weighted by Crippen LogP contribution is 2.55. The molecule has 4 amide bonds. The first-order chi connectivity index (χ1) is 17.0. The van der Waals surface area contributed by atoms with Crippen LogP contribution in [0, 0.1) is 16.7 Å².